The number of benzene rings is 1. The summed E-state index contributed by atoms with van der Waals surface area (Å²) in [4.78, 5) is 0. The van der Waals surface area contributed by atoms with E-state index in [4.69, 9.17) is 32.7 Å². The van der Waals surface area contributed by atoms with E-state index in [1.54, 1.807) is 0 Å². The maximum atomic E-state index is 6.65. The summed E-state index contributed by atoms with van der Waals surface area (Å²) in [6.45, 7) is 3.56. The van der Waals surface area contributed by atoms with E-state index in [0.717, 1.165) is 47.8 Å². The van der Waals surface area contributed by atoms with Gasteiger partial charge in [0.2, 0.25) is 0 Å². The van der Waals surface area contributed by atoms with Crippen molar-refractivity contribution >= 4 is 23.2 Å². The fourth-order valence-corrected chi connectivity index (χ4v) is 3.40. The van der Waals surface area contributed by atoms with Crippen molar-refractivity contribution in [3.63, 3.8) is 0 Å². The molecule has 0 N–H and O–H groups in total. The highest BCUT2D eigenvalue weighted by Crippen LogP contribution is 2.47. The number of ether oxygens (including phenoxy) is 2. The Bertz CT molecular complexity index is 467. The Morgan fingerprint density at radius 3 is 2.89 bits per heavy atom. The van der Waals surface area contributed by atoms with Crippen LogP contribution >= 0.6 is 23.2 Å². The topological polar surface area (TPSA) is 18.5 Å². The smallest absolute Gasteiger partial charge is 0.127 e. The lowest BCUT2D eigenvalue weighted by Gasteiger charge is -2.30. The van der Waals surface area contributed by atoms with Crippen molar-refractivity contribution in [2.24, 2.45) is 0 Å². The number of halogens is 2. The van der Waals surface area contributed by atoms with E-state index in [0.29, 0.717) is 6.61 Å². The van der Waals surface area contributed by atoms with Gasteiger partial charge in [-0.1, -0.05) is 11.6 Å². The third kappa shape index (κ3) is 2.01. The molecule has 0 amide bonds. The van der Waals surface area contributed by atoms with Crippen molar-refractivity contribution in [1.82, 2.24) is 0 Å². The Morgan fingerprint density at radius 1 is 1.33 bits per heavy atom. The maximum Gasteiger partial charge on any atom is 0.127 e. The summed E-state index contributed by atoms with van der Waals surface area (Å²) < 4.78 is 11.5. The molecule has 0 saturated carbocycles. The highest BCUT2D eigenvalue weighted by atomic mass is 35.5. The van der Waals surface area contributed by atoms with Crippen molar-refractivity contribution in [3.8, 4) is 5.75 Å². The average Bonchev–Trinajstić information content (AvgIpc) is 2.96. The largest absolute Gasteiger partial charge is 0.493 e. The van der Waals surface area contributed by atoms with Crippen LogP contribution in [0.4, 0.5) is 0 Å². The van der Waals surface area contributed by atoms with Crippen molar-refractivity contribution in [2.45, 2.75) is 37.2 Å². The monoisotopic (exact) mass is 286 g/mol. The molecule has 0 bridgehead atoms. The van der Waals surface area contributed by atoms with Gasteiger partial charge in [0.05, 0.1) is 17.6 Å². The van der Waals surface area contributed by atoms with E-state index < -0.39 is 0 Å². The molecule has 2 aliphatic heterocycles. The van der Waals surface area contributed by atoms with Gasteiger partial charge >= 0.3 is 0 Å². The molecule has 4 heteroatoms. The first-order chi connectivity index (χ1) is 8.60. The molecule has 2 aliphatic rings. The third-order valence-electron chi connectivity index (χ3n) is 3.84. The predicted octanol–water partition coefficient (Wildman–Crippen LogP) is 4.12. The minimum atomic E-state index is -0.314. The molecule has 0 radical (unpaired) electrons. The summed E-state index contributed by atoms with van der Waals surface area (Å²) >= 11 is 12.8. The summed E-state index contributed by atoms with van der Waals surface area (Å²) in [5.74, 6) is 0.913. The minimum Gasteiger partial charge on any atom is -0.493 e. The van der Waals surface area contributed by atoms with Gasteiger partial charge in [0.25, 0.3) is 0 Å². The zero-order valence-corrected chi connectivity index (χ0v) is 11.9. The average molecular weight is 287 g/mol. The van der Waals surface area contributed by atoms with Crippen LogP contribution in [0.25, 0.3) is 0 Å². The van der Waals surface area contributed by atoms with E-state index in [1.807, 2.05) is 12.1 Å². The zero-order valence-electron chi connectivity index (χ0n) is 10.3. The summed E-state index contributed by atoms with van der Waals surface area (Å²) in [5, 5.41) is 0.507. The van der Waals surface area contributed by atoms with Crippen molar-refractivity contribution in [3.05, 3.63) is 28.3 Å². The van der Waals surface area contributed by atoms with Crippen LogP contribution < -0.4 is 4.74 Å². The summed E-state index contributed by atoms with van der Waals surface area (Å²) in [6.07, 6.45) is 2.94. The first-order valence-electron chi connectivity index (χ1n) is 6.33. The van der Waals surface area contributed by atoms with Crippen molar-refractivity contribution in [2.75, 3.05) is 13.2 Å². The maximum absolute atomic E-state index is 6.65. The number of fused-ring (bicyclic) bond motifs is 1. The SMILES string of the molecule is CC1(C(Cl)c2cc(Cl)cc3c2OCC3)CCCO1. The second kappa shape index (κ2) is 4.59. The summed E-state index contributed by atoms with van der Waals surface area (Å²) in [6, 6.07) is 3.88. The summed E-state index contributed by atoms with van der Waals surface area (Å²) in [5.41, 5.74) is 1.82. The molecule has 1 saturated heterocycles. The lowest BCUT2D eigenvalue weighted by Crippen LogP contribution is -2.29. The molecule has 1 aromatic carbocycles. The first-order valence-corrected chi connectivity index (χ1v) is 7.15. The van der Waals surface area contributed by atoms with E-state index >= 15 is 0 Å². The van der Waals surface area contributed by atoms with Crippen LogP contribution in [0.3, 0.4) is 0 Å². The number of hydrogen-bond donors (Lipinski definition) is 0. The molecule has 0 spiro atoms. The third-order valence-corrected chi connectivity index (χ3v) is 4.75. The van der Waals surface area contributed by atoms with Gasteiger partial charge in [-0.15, -0.1) is 11.6 Å². The normalized spacial score (nSPS) is 27.9. The molecule has 0 aliphatic carbocycles. The van der Waals surface area contributed by atoms with Gasteiger partial charge < -0.3 is 9.47 Å². The quantitative estimate of drug-likeness (QED) is 0.762. The van der Waals surface area contributed by atoms with Crippen LogP contribution in [-0.4, -0.2) is 18.8 Å². The van der Waals surface area contributed by atoms with E-state index in [2.05, 4.69) is 6.92 Å². The van der Waals surface area contributed by atoms with Gasteiger partial charge in [-0.25, -0.2) is 0 Å². The number of alkyl halides is 1. The molecule has 0 aromatic heterocycles. The lowest BCUT2D eigenvalue weighted by atomic mass is 9.91. The molecule has 2 heterocycles. The molecular formula is C14H16Cl2O2. The van der Waals surface area contributed by atoms with Crippen LogP contribution in [0.2, 0.25) is 5.02 Å². The number of rotatable bonds is 2. The highest BCUT2D eigenvalue weighted by molar-refractivity contribution is 6.31. The molecular weight excluding hydrogens is 271 g/mol. The van der Waals surface area contributed by atoms with Gasteiger partial charge in [-0.3, -0.25) is 0 Å². The first kappa shape index (κ1) is 12.6. The fraction of sp³-hybridized carbons (Fsp3) is 0.571. The molecule has 2 nitrogen and oxygen atoms in total. The van der Waals surface area contributed by atoms with Crippen molar-refractivity contribution in [1.29, 1.82) is 0 Å². The number of hydrogen-bond acceptors (Lipinski definition) is 2. The zero-order chi connectivity index (χ0) is 12.8. The second-order valence-corrected chi connectivity index (χ2v) is 6.08. The van der Waals surface area contributed by atoms with E-state index in [-0.39, 0.29) is 11.0 Å². The molecule has 1 fully saturated rings. The molecule has 98 valence electrons. The fourth-order valence-electron chi connectivity index (χ4n) is 2.82. The van der Waals surface area contributed by atoms with Gasteiger partial charge in [-0.2, -0.15) is 0 Å². The van der Waals surface area contributed by atoms with Crippen LogP contribution in [0.15, 0.2) is 12.1 Å². The van der Waals surface area contributed by atoms with E-state index in [9.17, 15) is 0 Å². The van der Waals surface area contributed by atoms with Crippen LogP contribution in [0, 0.1) is 0 Å². The van der Waals surface area contributed by atoms with Crippen LogP contribution in [0.1, 0.15) is 36.3 Å². The molecule has 2 unspecified atom stereocenters. The second-order valence-electron chi connectivity index (χ2n) is 5.21. The van der Waals surface area contributed by atoms with Crippen LogP contribution in [-0.2, 0) is 11.2 Å². The molecule has 1 aromatic rings. The van der Waals surface area contributed by atoms with Crippen LogP contribution in [0.5, 0.6) is 5.75 Å². The molecule has 18 heavy (non-hydrogen) atoms. The Labute approximate surface area is 117 Å². The Hall–Kier alpha value is -0.440. The van der Waals surface area contributed by atoms with E-state index in [1.165, 1.54) is 0 Å². The van der Waals surface area contributed by atoms with Gasteiger partial charge in [0.1, 0.15) is 5.75 Å². The Morgan fingerprint density at radius 2 is 2.17 bits per heavy atom. The minimum absolute atomic E-state index is 0.217. The lowest BCUT2D eigenvalue weighted by molar-refractivity contribution is 0.0159. The predicted molar refractivity (Wildman–Crippen MR) is 72.8 cm³/mol. The van der Waals surface area contributed by atoms with Gasteiger partial charge in [0.15, 0.2) is 0 Å². The summed E-state index contributed by atoms with van der Waals surface area (Å²) in [7, 11) is 0. The Kier molecular flexibility index (Phi) is 3.21. The molecule has 2 atom stereocenters. The van der Waals surface area contributed by atoms with Gasteiger partial charge in [-0.05, 0) is 37.5 Å². The van der Waals surface area contributed by atoms with Gasteiger partial charge in [0, 0.05) is 23.6 Å². The Balaban J connectivity index is 2.01. The highest BCUT2D eigenvalue weighted by Gasteiger charge is 2.40. The van der Waals surface area contributed by atoms with Crippen molar-refractivity contribution < 1.29 is 9.47 Å². The molecule has 3 rings (SSSR count). The standard InChI is InChI=1S/C14H16Cl2O2/c1-14(4-2-5-18-14)13(16)11-8-10(15)7-9-3-6-17-12(9)11/h7-8,13H,2-6H2,1H3.